The fraction of sp³-hybridized carbons (Fsp3) is 0.375. The van der Waals surface area contributed by atoms with E-state index in [1.54, 1.807) is 12.1 Å². The number of nitrogens with zero attached hydrogens (tertiary/aromatic N) is 2. The second-order valence-corrected chi connectivity index (χ2v) is 12.6. The summed E-state index contributed by atoms with van der Waals surface area (Å²) in [7, 11) is -1.03. The first-order valence-electron chi connectivity index (χ1n) is 13.8. The lowest BCUT2D eigenvalue weighted by atomic mass is 10.0. The van der Waals surface area contributed by atoms with Gasteiger partial charge in [0.2, 0.25) is 21.8 Å². The Kier molecular flexibility index (Phi) is 11.4. The molecule has 3 aromatic carbocycles. The highest BCUT2D eigenvalue weighted by Crippen LogP contribution is 2.33. The zero-order valence-corrected chi connectivity index (χ0v) is 26.0. The summed E-state index contributed by atoms with van der Waals surface area (Å²) in [5, 5.41) is 2.98. The number of aryl methyl sites for hydroxylation is 1. The zero-order chi connectivity index (χ0) is 30.9. The van der Waals surface area contributed by atoms with Gasteiger partial charge in [-0.25, -0.2) is 8.42 Å². The highest BCUT2D eigenvalue weighted by atomic mass is 32.2. The minimum absolute atomic E-state index is 0.116. The number of carbonyl (C=O) groups excluding carboxylic acids is 2. The van der Waals surface area contributed by atoms with Crippen LogP contribution in [0, 0.1) is 12.8 Å². The van der Waals surface area contributed by atoms with E-state index in [-0.39, 0.29) is 36.2 Å². The molecule has 0 saturated carbocycles. The van der Waals surface area contributed by atoms with Crippen molar-refractivity contribution in [3.8, 4) is 11.5 Å². The van der Waals surface area contributed by atoms with Gasteiger partial charge in [0.1, 0.15) is 24.1 Å². The van der Waals surface area contributed by atoms with E-state index in [0.29, 0.717) is 12.3 Å². The standard InChI is InChI=1S/C32H41N3O6S/c1-23(2)20-33-32(37)29(18-25-12-8-7-9-13-25)34(21-26-14-10-11-24(3)17-26)31(36)22-35(42(6,38)39)28-16-15-27(40-4)19-30(28)41-5/h7-17,19,23,29H,18,20-22H2,1-6H3,(H,33,37)/t29-/m0/s1. The molecule has 0 radical (unpaired) electrons. The summed E-state index contributed by atoms with van der Waals surface area (Å²) in [6.07, 6.45) is 1.29. The lowest BCUT2D eigenvalue weighted by molar-refractivity contribution is -0.140. The number of anilines is 1. The van der Waals surface area contributed by atoms with Crippen LogP contribution >= 0.6 is 0 Å². The van der Waals surface area contributed by atoms with Crippen LogP contribution in [0.2, 0.25) is 0 Å². The number of methoxy groups -OCH3 is 2. The van der Waals surface area contributed by atoms with Crippen LogP contribution in [-0.2, 0) is 32.6 Å². The van der Waals surface area contributed by atoms with Gasteiger partial charge in [-0.1, -0.05) is 74.0 Å². The molecule has 9 nitrogen and oxygen atoms in total. The Morgan fingerprint density at radius 2 is 1.60 bits per heavy atom. The Morgan fingerprint density at radius 1 is 0.905 bits per heavy atom. The van der Waals surface area contributed by atoms with E-state index < -0.39 is 28.5 Å². The normalized spacial score (nSPS) is 12.0. The highest BCUT2D eigenvalue weighted by molar-refractivity contribution is 7.92. The molecule has 0 unspecified atom stereocenters. The van der Waals surface area contributed by atoms with Gasteiger partial charge < -0.3 is 19.7 Å². The van der Waals surface area contributed by atoms with Crippen LogP contribution in [-0.4, -0.2) is 64.7 Å². The van der Waals surface area contributed by atoms with E-state index in [4.69, 9.17) is 9.47 Å². The SMILES string of the molecule is COc1ccc(N(CC(=O)N(Cc2cccc(C)c2)[C@@H](Cc2ccccc2)C(=O)NCC(C)C)S(C)(=O)=O)c(OC)c1. The predicted molar refractivity (Wildman–Crippen MR) is 165 cm³/mol. The van der Waals surface area contributed by atoms with Gasteiger partial charge in [0, 0.05) is 25.6 Å². The maximum atomic E-state index is 14.2. The molecule has 3 aromatic rings. The molecule has 0 aliphatic carbocycles. The highest BCUT2D eigenvalue weighted by Gasteiger charge is 2.33. The summed E-state index contributed by atoms with van der Waals surface area (Å²) in [6.45, 7) is 5.96. The summed E-state index contributed by atoms with van der Waals surface area (Å²) in [4.78, 5) is 29.4. The summed E-state index contributed by atoms with van der Waals surface area (Å²) in [6, 6.07) is 20.9. The Hall–Kier alpha value is -4.05. The second kappa shape index (κ2) is 14.7. The van der Waals surface area contributed by atoms with Gasteiger partial charge >= 0.3 is 0 Å². The number of amides is 2. The summed E-state index contributed by atoms with van der Waals surface area (Å²) >= 11 is 0. The third-order valence-corrected chi connectivity index (χ3v) is 7.85. The van der Waals surface area contributed by atoms with Crippen LogP contribution in [0.15, 0.2) is 72.8 Å². The number of rotatable bonds is 14. The number of ether oxygens (including phenoxy) is 2. The molecule has 0 fully saturated rings. The lowest BCUT2D eigenvalue weighted by Crippen LogP contribution is -2.53. The second-order valence-electron chi connectivity index (χ2n) is 10.7. The Balaban J connectivity index is 2.09. The molecule has 0 heterocycles. The minimum Gasteiger partial charge on any atom is -0.497 e. The van der Waals surface area contributed by atoms with Crippen LogP contribution in [0.5, 0.6) is 11.5 Å². The van der Waals surface area contributed by atoms with Crippen LogP contribution in [0.4, 0.5) is 5.69 Å². The van der Waals surface area contributed by atoms with Crippen molar-refractivity contribution in [2.24, 2.45) is 5.92 Å². The van der Waals surface area contributed by atoms with E-state index >= 15 is 0 Å². The molecule has 0 saturated heterocycles. The minimum atomic E-state index is -3.94. The van der Waals surface area contributed by atoms with Crippen molar-refractivity contribution in [1.29, 1.82) is 0 Å². The average Bonchev–Trinajstić information content (AvgIpc) is 2.96. The van der Waals surface area contributed by atoms with Crippen molar-refractivity contribution in [2.75, 3.05) is 37.9 Å². The molecular weight excluding hydrogens is 554 g/mol. The molecule has 0 aromatic heterocycles. The van der Waals surface area contributed by atoms with Crippen molar-refractivity contribution in [3.63, 3.8) is 0 Å². The van der Waals surface area contributed by atoms with Gasteiger partial charge in [0.05, 0.1) is 26.2 Å². The number of nitrogens with one attached hydrogen (secondary N) is 1. The van der Waals surface area contributed by atoms with Crippen molar-refractivity contribution in [3.05, 3.63) is 89.5 Å². The fourth-order valence-electron chi connectivity index (χ4n) is 4.57. The molecule has 10 heteroatoms. The van der Waals surface area contributed by atoms with Crippen LogP contribution in [0.1, 0.15) is 30.5 Å². The van der Waals surface area contributed by atoms with Crippen molar-refractivity contribution >= 4 is 27.5 Å². The van der Waals surface area contributed by atoms with Gasteiger partial charge in [-0.05, 0) is 36.1 Å². The Bertz CT molecular complexity index is 1460. The van der Waals surface area contributed by atoms with E-state index in [1.165, 1.54) is 25.2 Å². The molecule has 2 amide bonds. The van der Waals surface area contributed by atoms with Gasteiger partial charge in [0.15, 0.2) is 0 Å². The zero-order valence-electron chi connectivity index (χ0n) is 25.2. The van der Waals surface area contributed by atoms with E-state index in [2.05, 4.69) is 5.32 Å². The molecule has 42 heavy (non-hydrogen) atoms. The van der Waals surface area contributed by atoms with E-state index in [1.807, 2.05) is 75.4 Å². The molecule has 0 aliphatic rings. The molecule has 0 aliphatic heterocycles. The van der Waals surface area contributed by atoms with Crippen molar-refractivity contribution in [1.82, 2.24) is 10.2 Å². The average molecular weight is 596 g/mol. The first-order valence-corrected chi connectivity index (χ1v) is 15.6. The van der Waals surface area contributed by atoms with Crippen LogP contribution < -0.4 is 19.1 Å². The molecule has 1 N–H and O–H groups in total. The molecule has 0 spiro atoms. The predicted octanol–water partition coefficient (Wildman–Crippen LogP) is 4.19. The third kappa shape index (κ3) is 8.97. The lowest BCUT2D eigenvalue weighted by Gasteiger charge is -2.34. The number of carbonyl (C=O) groups is 2. The van der Waals surface area contributed by atoms with Gasteiger partial charge in [-0.3, -0.25) is 13.9 Å². The molecule has 226 valence electrons. The summed E-state index contributed by atoms with van der Waals surface area (Å²) in [5.41, 5.74) is 2.89. The maximum Gasteiger partial charge on any atom is 0.244 e. The number of hydrogen-bond donors (Lipinski definition) is 1. The Labute approximate surface area is 249 Å². The van der Waals surface area contributed by atoms with Crippen molar-refractivity contribution in [2.45, 2.75) is 39.8 Å². The van der Waals surface area contributed by atoms with Gasteiger partial charge in [0.25, 0.3) is 0 Å². The van der Waals surface area contributed by atoms with Crippen molar-refractivity contribution < 1.29 is 27.5 Å². The number of hydrogen-bond acceptors (Lipinski definition) is 6. The number of sulfonamides is 1. The van der Waals surface area contributed by atoms with Crippen LogP contribution in [0.25, 0.3) is 0 Å². The topological polar surface area (TPSA) is 105 Å². The van der Waals surface area contributed by atoms with E-state index in [9.17, 15) is 18.0 Å². The smallest absolute Gasteiger partial charge is 0.244 e. The van der Waals surface area contributed by atoms with E-state index in [0.717, 1.165) is 27.3 Å². The van der Waals surface area contributed by atoms with Gasteiger partial charge in [-0.2, -0.15) is 0 Å². The van der Waals surface area contributed by atoms with Gasteiger partial charge in [-0.15, -0.1) is 0 Å². The van der Waals surface area contributed by atoms with Crippen LogP contribution in [0.3, 0.4) is 0 Å². The third-order valence-electron chi connectivity index (χ3n) is 6.73. The Morgan fingerprint density at radius 3 is 2.19 bits per heavy atom. The quantitative estimate of drug-likeness (QED) is 0.300. The monoisotopic (exact) mass is 595 g/mol. The first-order chi connectivity index (χ1) is 19.9. The maximum absolute atomic E-state index is 14.2. The fourth-order valence-corrected chi connectivity index (χ4v) is 5.42. The summed E-state index contributed by atoms with van der Waals surface area (Å²) < 4.78 is 37.9. The molecular formula is C32H41N3O6S. The molecule has 3 rings (SSSR count). The molecule has 0 bridgehead atoms. The molecule has 1 atom stereocenters. The first kappa shape index (κ1) is 32.5. The largest absolute Gasteiger partial charge is 0.497 e. The summed E-state index contributed by atoms with van der Waals surface area (Å²) in [5.74, 6) is 0.0759. The number of benzene rings is 3.